The molecule has 2 amide bonds. The van der Waals surface area contributed by atoms with Crippen LogP contribution < -0.4 is 10.6 Å². The van der Waals surface area contributed by atoms with Gasteiger partial charge in [0, 0.05) is 24.0 Å². The zero-order valence-corrected chi connectivity index (χ0v) is 16.2. The Morgan fingerprint density at radius 2 is 1.50 bits per heavy atom. The number of aromatic nitrogens is 1. The molecule has 5 nitrogen and oxygen atoms in total. The van der Waals surface area contributed by atoms with Crippen molar-refractivity contribution in [3.63, 3.8) is 0 Å². The molecule has 1 aromatic heterocycles. The maximum absolute atomic E-state index is 12.5. The summed E-state index contributed by atoms with van der Waals surface area (Å²) in [7, 11) is 0. The lowest BCUT2D eigenvalue weighted by atomic mass is 10.1. The summed E-state index contributed by atoms with van der Waals surface area (Å²) in [6.07, 6.45) is 1.47. The lowest BCUT2D eigenvalue weighted by Crippen LogP contribution is -2.23. The number of nitrogens with zero attached hydrogens (tertiary/aromatic N) is 1. The standard InChI is InChI=1S/C23H23N3O2/c1-15-4-6-18(7-5-15)14-25-22(27)19-8-9-24-21(13-19)23(28)26-20-11-16(2)10-17(3)12-20/h4-13H,14H2,1-3H3,(H,25,27)(H,26,28). The van der Waals surface area contributed by atoms with Gasteiger partial charge in [-0.05, 0) is 61.7 Å². The van der Waals surface area contributed by atoms with E-state index in [1.807, 2.05) is 63.2 Å². The fraction of sp³-hybridized carbons (Fsp3) is 0.174. The number of carbonyl (C=O) groups excluding carboxylic acids is 2. The molecule has 3 aromatic rings. The third-order valence-corrected chi connectivity index (χ3v) is 4.31. The van der Waals surface area contributed by atoms with Crippen LogP contribution in [-0.4, -0.2) is 16.8 Å². The predicted octanol–water partition coefficient (Wildman–Crippen LogP) is 4.19. The summed E-state index contributed by atoms with van der Waals surface area (Å²) in [6, 6.07) is 16.9. The summed E-state index contributed by atoms with van der Waals surface area (Å²) in [5, 5.41) is 5.70. The lowest BCUT2D eigenvalue weighted by molar-refractivity contribution is 0.0951. The van der Waals surface area contributed by atoms with Crippen molar-refractivity contribution in [3.8, 4) is 0 Å². The molecule has 142 valence electrons. The molecular weight excluding hydrogens is 350 g/mol. The molecule has 0 spiro atoms. The first-order valence-electron chi connectivity index (χ1n) is 9.10. The molecule has 0 fully saturated rings. The predicted molar refractivity (Wildman–Crippen MR) is 110 cm³/mol. The van der Waals surface area contributed by atoms with Crippen molar-refractivity contribution in [1.82, 2.24) is 10.3 Å². The average molecular weight is 373 g/mol. The van der Waals surface area contributed by atoms with Gasteiger partial charge in [0.05, 0.1) is 0 Å². The third kappa shape index (κ3) is 5.04. The van der Waals surface area contributed by atoms with E-state index in [0.29, 0.717) is 17.8 Å². The Hall–Kier alpha value is -3.47. The van der Waals surface area contributed by atoms with E-state index in [1.165, 1.54) is 17.8 Å². The van der Waals surface area contributed by atoms with E-state index in [9.17, 15) is 9.59 Å². The van der Waals surface area contributed by atoms with Crippen LogP contribution in [0.5, 0.6) is 0 Å². The monoisotopic (exact) mass is 373 g/mol. The summed E-state index contributed by atoms with van der Waals surface area (Å²) < 4.78 is 0. The minimum absolute atomic E-state index is 0.196. The Morgan fingerprint density at radius 3 is 2.18 bits per heavy atom. The second-order valence-corrected chi connectivity index (χ2v) is 6.93. The van der Waals surface area contributed by atoms with Crippen molar-refractivity contribution in [2.45, 2.75) is 27.3 Å². The zero-order chi connectivity index (χ0) is 20.1. The topological polar surface area (TPSA) is 71.1 Å². The van der Waals surface area contributed by atoms with E-state index >= 15 is 0 Å². The van der Waals surface area contributed by atoms with Crippen LogP contribution in [0.4, 0.5) is 5.69 Å². The highest BCUT2D eigenvalue weighted by Crippen LogP contribution is 2.15. The maximum Gasteiger partial charge on any atom is 0.274 e. The summed E-state index contributed by atoms with van der Waals surface area (Å²) in [5.74, 6) is -0.596. The Balaban J connectivity index is 1.67. The van der Waals surface area contributed by atoms with Gasteiger partial charge in [0.1, 0.15) is 5.69 Å². The largest absolute Gasteiger partial charge is 0.348 e. The number of benzene rings is 2. The van der Waals surface area contributed by atoms with Crippen LogP contribution in [0.2, 0.25) is 0 Å². The van der Waals surface area contributed by atoms with Crippen molar-refractivity contribution >= 4 is 17.5 Å². The Kier molecular flexibility index (Phi) is 5.84. The number of amides is 2. The maximum atomic E-state index is 12.5. The number of hydrogen-bond acceptors (Lipinski definition) is 3. The van der Waals surface area contributed by atoms with Crippen LogP contribution >= 0.6 is 0 Å². The third-order valence-electron chi connectivity index (χ3n) is 4.31. The van der Waals surface area contributed by atoms with Crippen LogP contribution in [0.15, 0.2) is 60.8 Å². The number of carbonyl (C=O) groups is 2. The summed E-state index contributed by atoms with van der Waals surface area (Å²) >= 11 is 0. The molecule has 0 saturated heterocycles. The van der Waals surface area contributed by atoms with Crippen molar-refractivity contribution in [2.24, 2.45) is 0 Å². The van der Waals surface area contributed by atoms with Gasteiger partial charge in [-0.25, -0.2) is 0 Å². The minimum atomic E-state index is -0.349. The number of pyridine rings is 1. The quantitative estimate of drug-likeness (QED) is 0.704. The smallest absolute Gasteiger partial charge is 0.274 e. The normalized spacial score (nSPS) is 10.4. The van der Waals surface area contributed by atoms with Crippen molar-refractivity contribution < 1.29 is 9.59 Å². The average Bonchev–Trinajstić information content (AvgIpc) is 2.66. The highest BCUT2D eigenvalue weighted by atomic mass is 16.2. The first kappa shape index (κ1) is 19.3. The number of rotatable bonds is 5. The van der Waals surface area contributed by atoms with Gasteiger partial charge in [-0.1, -0.05) is 35.9 Å². The number of anilines is 1. The molecular formula is C23H23N3O2. The molecule has 0 aliphatic heterocycles. The molecule has 1 heterocycles. The minimum Gasteiger partial charge on any atom is -0.348 e. The molecule has 2 aromatic carbocycles. The van der Waals surface area contributed by atoms with E-state index in [2.05, 4.69) is 15.6 Å². The van der Waals surface area contributed by atoms with Crippen molar-refractivity contribution in [2.75, 3.05) is 5.32 Å². The molecule has 0 atom stereocenters. The van der Waals surface area contributed by atoms with E-state index in [0.717, 1.165) is 16.7 Å². The van der Waals surface area contributed by atoms with E-state index in [1.54, 1.807) is 6.07 Å². The van der Waals surface area contributed by atoms with Crippen LogP contribution in [0.3, 0.4) is 0 Å². The molecule has 5 heteroatoms. The lowest BCUT2D eigenvalue weighted by Gasteiger charge is -2.09. The second-order valence-electron chi connectivity index (χ2n) is 6.93. The van der Waals surface area contributed by atoms with Crippen molar-refractivity contribution in [1.29, 1.82) is 0 Å². The fourth-order valence-corrected chi connectivity index (χ4v) is 2.93. The first-order chi connectivity index (χ1) is 13.4. The molecule has 0 saturated carbocycles. The van der Waals surface area contributed by atoms with Crippen LogP contribution in [0.1, 0.15) is 43.1 Å². The van der Waals surface area contributed by atoms with Crippen LogP contribution in [0, 0.1) is 20.8 Å². The highest BCUT2D eigenvalue weighted by Gasteiger charge is 2.12. The molecule has 0 aliphatic rings. The summed E-state index contributed by atoms with van der Waals surface area (Å²) in [5.41, 5.74) is 5.61. The van der Waals surface area contributed by atoms with Crippen LogP contribution in [0.25, 0.3) is 0 Å². The van der Waals surface area contributed by atoms with Gasteiger partial charge in [0.2, 0.25) is 0 Å². The van der Waals surface area contributed by atoms with Crippen molar-refractivity contribution in [3.05, 3.63) is 94.3 Å². The van der Waals surface area contributed by atoms with Gasteiger partial charge in [0.25, 0.3) is 11.8 Å². The SMILES string of the molecule is Cc1ccc(CNC(=O)c2ccnc(C(=O)Nc3cc(C)cc(C)c3)c2)cc1. The Morgan fingerprint density at radius 1 is 0.821 bits per heavy atom. The molecule has 0 radical (unpaired) electrons. The van der Waals surface area contributed by atoms with Gasteiger partial charge in [0.15, 0.2) is 0 Å². The van der Waals surface area contributed by atoms with E-state index in [-0.39, 0.29) is 17.5 Å². The second kappa shape index (κ2) is 8.48. The van der Waals surface area contributed by atoms with Gasteiger partial charge in [-0.15, -0.1) is 0 Å². The number of hydrogen-bond donors (Lipinski definition) is 2. The van der Waals surface area contributed by atoms with Gasteiger partial charge >= 0.3 is 0 Å². The van der Waals surface area contributed by atoms with Gasteiger partial charge in [-0.3, -0.25) is 14.6 Å². The zero-order valence-electron chi connectivity index (χ0n) is 16.2. The molecule has 2 N–H and O–H groups in total. The molecule has 0 unspecified atom stereocenters. The van der Waals surface area contributed by atoms with E-state index in [4.69, 9.17) is 0 Å². The molecule has 28 heavy (non-hydrogen) atoms. The summed E-state index contributed by atoms with van der Waals surface area (Å²) in [6.45, 7) is 6.38. The van der Waals surface area contributed by atoms with E-state index < -0.39 is 0 Å². The summed E-state index contributed by atoms with van der Waals surface area (Å²) in [4.78, 5) is 29.1. The van der Waals surface area contributed by atoms with Gasteiger partial charge in [-0.2, -0.15) is 0 Å². The van der Waals surface area contributed by atoms with Crippen LogP contribution in [-0.2, 0) is 6.54 Å². The highest BCUT2D eigenvalue weighted by molar-refractivity contribution is 6.04. The Labute approximate surface area is 164 Å². The molecule has 0 aliphatic carbocycles. The number of aryl methyl sites for hydroxylation is 3. The molecule has 0 bridgehead atoms. The first-order valence-corrected chi connectivity index (χ1v) is 9.10. The Bertz CT molecular complexity index is 990. The fourth-order valence-electron chi connectivity index (χ4n) is 2.93. The van der Waals surface area contributed by atoms with Gasteiger partial charge < -0.3 is 10.6 Å². The molecule has 3 rings (SSSR count). The number of nitrogens with one attached hydrogen (secondary N) is 2.